The summed E-state index contributed by atoms with van der Waals surface area (Å²) in [5.74, 6) is 1.37. The van der Waals surface area contributed by atoms with Gasteiger partial charge in [0, 0.05) is 0 Å². The molecule has 0 aliphatic rings. The molecule has 0 aliphatic carbocycles. The standard InChI is InChI=1S/C10H7BrN4O3S/c1-5-12-10(18-14-5)16-4-8-13-9(15-17-8)6-2-3-7(11)19-6/h2-3H,4H2,1H3. The fraction of sp³-hybridized carbons (Fsp3) is 0.200. The lowest BCUT2D eigenvalue weighted by atomic mass is 10.4. The van der Waals surface area contributed by atoms with E-state index in [1.807, 2.05) is 12.1 Å². The number of halogens is 1. The van der Waals surface area contributed by atoms with Crippen LogP contribution in [0.5, 0.6) is 6.08 Å². The second-order valence-electron chi connectivity index (χ2n) is 3.51. The second kappa shape index (κ2) is 5.10. The zero-order valence-electron chi connectivity index (χ0n) is 9.66. The van der Waals surface area contributed by atoms with Gasteiger partial charge in [-0.15, -0.1) is 11.3 Å². The van der Waals surface area contributed by atoms with Crippen LogP contribution in [0.2, 0.25) is 0 Å². The van der Waals surface area contributed by atoms with Crippen molar-refractivity contribution >= 4 is 27.3 Å². The fourth-order valence-corrected chi connectivity index (χ4v) is 2.62. The van der Waals surface area contributed by atoms with Crippen molar-refractivity contribution < 1.29 is 13.8 Å². The van der Waals surface area contributed by atoms with Crippen molar-refractivity contribution in [3.63, 3.8) is 0 Å². The predicted molar refractivity (Wildman–Crippen MR) is 68.7 cm³/mol. The van der Waals surface area contributed by atoms with Crippen LogP contribution in [0, 0.1) is 6.92 Å². The maximum absolute atomic E-state index is 5.22. The molecule has 0 spiro atoms. The molecule has 0 aliphatic heterocycles. The molecule has 0 amide bonds. The average molecular weight is 343 g/mol. The highest BCUT2D eigenvalue weighted by Gasteiger charge is 2.12. The number of rotatable bonds is 4. The van der Waals surface area contributed by atoms with Gasteiger partial charge in [0.15, 0.2) is 12.4 Å². The van der Waals surface area contributed by atoms with Gasteiger partial charge in [-0.25, -0.2) is 0 Å². The van der Waals surface area contributed by atoms with E-state index in [9.17, 15) is 0 Å². The van der Waals surface area contributed by atoms with Gasteiger partial charge >= 0.3 is 6.08 Å². The van der Waals surface area contributed by atoms with Crippen molar-refractivity contribution in [3.8, 4) is 16.8 Å². The van der Waals surface area contributed by atoms with Gasteiger partial charge in [0.2, 0.25) is 5.82 Å². The molecular weight excluding hydrogens is 336 g/mol. The topological polar surface area (TPSA) is 87.1 Å². The van der Waals surface area contributed by atoms with E-state index in [0.717, 1.165) is 8.66 Å². The molecule has 0 fully saturated rings. The summed E-state index contributed by atoms with van der Waals surface area (Å²) in [6, 6.07) is 3.83. The molecule has 9 heteroatoms. The van der Waals surface area contributed by atoms with Crippen LogP contribution in [-0.4, -0.2) is 20.3 Å². The first-order chi connectivity index (χ1) is 9.20. The Morgan fingerprint density at radius 1 is 1.26 bits per heavy atom. The van der Waals surface area contributed by atoms with E-state index in [1.165, 1.54) is 11.3 Å². The monoisotopic (exact) mass is 342 g/mol. The Bertz CT molecular complexity index is 692. The minimum atomic E-state index is 0.0797. The van der Waals surface area contributed by atoms with E-state index in [4.69, 9.17) is 13.8 Å². The average Bonchev–Trinajstić information content (AvgIpc) is 3.07. The molecule has 98 valence electrons. The van der Waals surface area contributed by atoms with Gasteiger partial charge in [0.05, 0.1) is 8.66 Å². The molecule has 0 saturated heterocycles. The van der Waals surface area contributed by atoms with E-state index < -0.39 is 0 Å². The van der Waals surface area contributed by atoms with Crippen molar-refractivity contribution in [2.24, 2.45) is 0 Å². The van der Waals surface area contributed by atoms with Crippen molar-refractivity contribution in [2.75, 3.05) is 0 Å². The maximum Gasteiger partial charge on any atom is 0.417 e. The van der Waals surface area contributed by atoms with Crippen LogP contribution in [0.15, 0.2) is 25.0 Å². The lowest BCUT2D eigenvalue weighted by molar-refractivity contribution is 0.169. The number of nitrogens with zero attached hydrogens (tertiary/aromatic N) is 4. The second-order valence-corrected chi connectivity index (χ2v) is 5.97. The van der Waals surface area contributed by atoms with Gasteiger partial charge in [0.25, 0.3) is 5.89 Å². The Morgan fingerprint density at radius 2 is 2.16 bits per heavy atom. The highest BCUT2D eigenvalue weighted by molar-refractivity contribution is 9.11. The summed E-state index contributed by atoms with van der Waals surface area (Å²) in [6.45, 7) is 1.79. The third-order valence-electron chi connectivity index (χ3n) is 2.09. The summed E-state index contributed by atoms with van der Waals surface area (Å²) >= 11 is 4.90. The summed E-state index contributed by atoms with van der Waals surface area (Å²) in [7, 11) is 0. The molecular formula is C10H7BrN4O3S. The molecule has 0 atom stereocenters. The van der Waals surface area contributed by atoms with Crippen LogP contribution >= 0.6 is 27.3 Å². The zero-order valence-corrected chi connectivity index (χ0v) is 12.1. The van der Waals surface area contributed by atoms with Gasteiger partial charge in [-0.1, -0.05) is 10.3 Å². The van der Waals surface area contributed by atoms with Crippen molar-refractivity contribution in [3.05, 3.63) is 27.6 Å². The maximum atomic E-state index is 5.22. The van der Waals surface area contributed by atoms with Gasteiger partial charge in [0.1, 0.15) is 0 Å². The number of aryl methyl sites for hydroxylation is 1. The summed E-state index contributed by atoms with van der Waals surface area (Å²) in [4.78, 5) is 9.03. The highest BCUT2D eigenvalue weighted by Crippen LogP contribution is 2.29. The van der Waals surface area contributed by atoms with Crippen LogP contribution in [0.1, 0.15) is 11.7 Å². The quantitative estimate of drug-likeness (QED) is 0.720. The molecule has 7 nitrogen and oxygen atoms in total. The molecule has 0 radical (unpaired) electrons. The summed E-state index contributed by atoms with van der Waals surface area (Å²) in [5.41, 5.74) is 0. The largest absolute Gasteiger partial charge is 0.439 e. The first kappa shape index (κ1) is 12.3. The van der Waals surface area contributed by atoms with E-state index in [1.54, 1.807) is 6.92 Å². The fourth-order valence-electron chi connectivity index (χ4n) is 1.31. The Morgan fingerprint density at radius 3 is 2.84 bits per heavy atom. The Balaban J connectivity index is 1.68. The van der Waals surface area contributed by atoms with Crippen molar-refractivity contribution in [2.45, 2.75) is 13.5 Å². The van der Waals surface area contributed by atoms with Crippen molar-refractivity contribution in [1.82, 2.24) is 20.3 Å². The molecule has 3 aromatic rings. The zero-order chi connectivity index (χ0) is 13.2. The van der Waals surface area contributed by atoms with Gasteiger partial charge in [-0.3, -0.25) is 4.52 Å². The smallest absolute Gasteiger partial charge is 0.417 e. The molecule has 0 N–H and O–H groups in total. The van der Waals surface area contributed by atoms with Gasteiger partial charge < -0.3 is 9.26 Å². The van der Waals surface area contributed by atoms with E-state index in [-0.39, 0.29) is 12.7 Å². The Kier molecular flexibility index (Phi) is 3.30. The molecule has 0 unspecified atom stereocenters. The first-order valence-electron chi connectivity index (χ1n) is 5.22. The van der Waals surface area contributed by atoms with E-state index in [0.29, 0.717) is 17.5 Å². The molecule has 3 heterocycles. The lowest BCUT2D eigenvalue weighted by Gasteiger charge is -1.93. The number of hydrogen-bond donors (Lipinski definition) is 0. The minimum absolute atomic E-state index is 0.0797. The van der Waals surface area contributed by atoms with Gasteiger partial charge in [-0.05, 0) is 35.0 Å². The van der Waals surface area contributed by atoms with E-state index >= 15 is 0 Å². The SMILES string of the molecule is Cc1noc(OCc2nc(-c3ccc(Br)s3)no2)n1. The summed E-state index contributed by atoms with van der Waals surface area (Å²) in [5, 5.41) is 7.48. The molecule has 3 aromatic heterocycles. The van der Waals surface area contributed by atoms with Crippen molar-refractivity contribution in [1.29, 1.82) is 0 Å². The normalized spacial score (nSPS) is 10.8. The Labute approximate surface area is 119 Å². The molecule has 0 aromatic carbocycles. The molecule has 19 heavy (non-hydrogen) atoms. The first-order valence-corrected chi connectivity index (χ1v) is 6.83. The number of aromatic nitrogens is 4. The summed E-state index contributed by atoms with van der Waals surface area (Å²) < 4.78 is 16.1. The minimum Gasteiger partial charge on any atom is -0.439 e. The van der Waals surface area contributed by atoms with Gasteiger partial charge in [-0.2, -0.15) is 9.97 Å². The van der Waals surface area contributed by atoms with Crippen LogP contribution in [0.4, 0.5) is 0 Å². The third kappa shape index (κ3) is 2.82. The highest BCUT2D eigenvalue weighted by atomic mass is 79.9. The number of thiophene rings is 1. The van der Waals surface area contributed by atoms with Crippen LogP contribution in [-0.2, 0) is 6.61 Å². The molecule has 3 rings (SSSR count). The number of ether oxygens (including phenoxy) is 1. The van der Waals surface area contributed by atoms with Crippen LogP contribution in [0.25, 0.3) is 10.7 Å². The molecule has 0 saturated carbocycles. The third-order valence-corrected chi connectivity index (χ3v) is 3.71. The lowest BCUT2D eigenvalue weighted by Crippen LogP contribution is -1.95. The van der Waals surface area contributed by atoms with Crippen LogP contribution in [0.3, 0.4) is 0 Å². The number of hydrogen-bond acceptors (Lipinski definition) is 8. The van der Waals surface area contributed by atoms with E-state index in [2.05, 4.69) is 36.2 Å². The molecule has 0 bridgehead atoms. The summed E-state index contributed by atoms with van der Waals surface area (Å²) in [6.07, 6.45) is 0.0797. The Hall–Kier alpha value is -1.74. The van der Waals surface area contributed by atoms with Crippen LogP contribution < -0.4 is 4.74 Å². The predicted octanol–water partition coefficient (Wildman–Crippen LogP) is 2.83.